The first-order valence-corrected chi connectivity index (χ1v) is 7.88. The number of rotatable bonds is 2. The monoisotopic (exact) mass is 288 g/mol. The highest BCUT2D eigenvalue weighted by molar-refractivity contribution is 7.16. The number of carbonyl (C=O) groups is 1. The largest absolute Gasteiger partial charge is 0.347 e. The van der Waals surface area contributed by atoms with Gasteiger partial charge in [-0.1, -0.05) is 0 Å². The highest BCUT2D eigenvalue weighted by Crippen LogP contribution is 2.27. The molecule has 1 N–H and O–H groups in total. The van der Waals surface area contributed by atoms with Crippen molar-refractivity contribution in [1.82, 2.24) is 20.2 Å². The number of amides is 1. The zero-order valence-electron chi connectivity index (χ0n) is 11.1. The van der Waals surface area contributed by atoms with Gasteiger partial charge in [0.25, 0.3) is 5.91 Å². The Morgan fingerprint density at radius 3 is 3.25 bits per heavy atom. The predicted molar refractivity (Wildman–Crippen MR) is 77.8 cm³/mol. The van der Waals surface area contributed by atoms with Crippen LogP contribution in [-0.4, -0.2) is 46.5 Å². The Hall–Kier alpha value is -1.53. The van der Waals surface area contributed by atoms with E-state index < -0.39 is 0 Å². The highest BCUT2D eigenvalue weighted by atomic mass is 32.1. The minimum atomic E-state index is -0.0622. The number of thiazole rings is 1. The minimum absolute atomic E-state index is 0.0622. The number of hydrogen-bond acceptors (Lipinski definition) is 5. The van der Waals surface area contributed by atoms with Crippen LogP contribution >= 0.6 is 11.3 Å². The summed E-state index contributed by atoms with van der Waals surface area (Å²) in [6.45, 7) is 3.37. The molecule has 2 aliphatic rings. The van der Waals surface area contributed by atoms with Crippen LogP contribution in [0.5, 0.6) is 0 Å². The molecule has 1 amide bonds. The molecule has 6 heteroatoms. The van der Waals surface area contributed by atoms with Crippen LogP contribution in [0.1, 0.15) is 23.3 Å². The zero-order valence-corrected chi connectivity index (χ0v) is 11.9. The summed E-state index contributed by atoms with van der Waals surface area (Å²) in [5, 5.41) is 3.13. The molecule has 3 atom stereocenters. The highest BCUT2D eigenvalue weighted by Gasteiger charge is 2.33. The van der Waals surface area contributed by atoms with Gasteiger partial charge in [-0.25, -0.2) is 9.97 Å². The van der Waals surface area contributed by atoms with Gasteiger partial charge in [0.15, 0.2) is 0 Å². The summed E-state index contributed by atoms with van der Waals surface area (Å²) in [7, 11) is 0. The maximum absolute atomic E-state index is 12.3. The number of fused-ring (bicyclic) bond motifs is 3. The molecule has 2 aliphatic heterocycles. The Kier molecular flexibility index (Phi) is 2.93. The van der Waals surface area contributed by atoms with Crippen molar-refractivity contribution < 1.29 is 4.79 Å². The summed E-state index contributed by atoms with van der Waals surface area (Å²) in [5.41, 5.74) is 3.13. The quantitative estimate of drug-likeness (QED) is 0.910. The van der Waals surface area contributed by atoms with E-state index in [1.54, 1.807) is 11.7 Å². The average Bonchev–Trinajstić information content (AvgIpc) is 3.04. The second kappa shape index (κ2) is 4.79. The predicted octanol–water partition coefficient (Wildman–Crippen LogP) is 1.52. The third-order valence-corrected chi connectivity index (χ3v) is 5.04. The van der Waals surface area contributed by atoms with Gasteiger partial charge in [-0.2, -0.15) is 0 Å². The maximum Gasteiger partial charge on any atom is 0.270 e. The molecule has 2 aromatic heterocycles. The maximum atomic E-state index is 12.3. The summed E-state index contributed by atoms with van der Waals surface area (Å²) >= 11 is 1.54. The molecule has 2 bridgehead atoms. The van der Waals surface area contributed by atoms with Gasteiger partial charge in [0.2, 0.25) is 0 Å². The minimum Gasteiger partial charge on any atom is -0.347 e. The van der Waals surface area contributed by atoms with E-state index in [4.69, 9.17) is 0 Å². The van der Waals surface area contributed by atoms with Crippen LogP contribution in [0.2, 0.25) is 0 Å². The SMILES string of the molecule is O=C(N[C@@H]1C[C@H]2CCN(C2)C1)c1cc2scnc2cn1. The third kappa shape index (κ3) is 2.19. The summed E-state index contributed by atoms with van der Waals surface area (Å²) in [4.78, 5) is 23.1. The molecule has 0 aliphatic carbocycles. The number of carbonyl (C=O) groups excluding carboxylic acids is 1. The number of nitrogens with zero attached hydrogens (tertiary/aromatic N) is 3. The van der Waals surface area contributed by atoms with Crippen LogP contribution < -0.4 is 5.32 Å². The van der Waals surface area contributed by atoms with E-state index in [0.717, 1.165) is 29.1 Å². The summed E-state index contributed by atoms with van der Waals surface area (Å²) in [5.74, 6) is 0.693. The number of hydrogen-bond donors (Lipinski definition) is 1. The molecule has 1 unspecified atom stereocenters. The fourth-order valence-corrected chi connectivity index (χ4v) is 3.99. The Bertz CT molecular complexity index is 643. The van der Waals surface area contributed by atoms with Gasteiger partial charge >= 0.3 is 0 Å². The average molecular weight is 288 g/mol. The summed E-state index contributed by atoms with van der Waals surface area (Å²) < 4.78 is 1.01. The van der Waals surface area contributed by atoms with Gasteiger partial charge < -0.3 is 10.2 Å². The van der Waals surface area contributed by atoms with Gasteiger partial charge in [-0.3, -0.25) is 4.79 Å². The van der Waals surface area contributed by atoms with E-state index >= 15 is 0 Å². The van der Waals surface area contributed by atoms with Crippen molar-refractivity contribution in [3.8, 4) is 0 Å². The van der Waals surface area contributed by atoms with Crippen LogP contribution in [0.25, 0.3) is 10.2 Å². The van der Waals surface area contributed by atoms with Crippen molar-refractivity contribution in [2.45, 2.75) is 18.9 Å². The van der Waals surface area contributed by atoms with Crippen molar-refractivity contribution in [3.05, 3.63) is 23.5 Å². The standard InChI is InChI=1S/C14H16N4OS/c19-14(11-4-13-12(5-15-11)16-8-20-13)17-10-3-9-1-2-18(6-9)7-10/h4-5,8-10H,1-3,6-7H2,(H,17,19)/t9-,10-/m1/s1. The number of nitrogens with one attached hydrogen (secondary N) is 1. The van der Waals surface area contributed by atoms with Crippen LogP contribution in [0.3, 0.4) is 0 Å². The molecule has 2 fully saturated rings. The molecular formula is C14H16N4OS. The topological polar surface area (TPSA) is 58.1 Å². The molecule has 0 saturated carbocycles. The van der Waals surface area contributed by atoms with Crippen LogP contribution in [-0.2, 0) is 0 Å². The Morgan fingerprint density at radius 2 is 2.35 bits per heavy atom. The fourth-order valence-electron chi connectivity index (χ4n) is 3.31. The van der Waals surface area contributed by atoms with Crippen LogP contribution in [0, 0.1) is 5.92 Å². The first-order chi connectivity index (χ1) is 9.78. The molecular weight excluding hydrogens is 272 g/mol. The van der Waals surface area contributed by atoms with Gasteiger partial charge in [-0.05, 0) is 31.4 Å². The smallest absolute Gasteiger partial charge is 0.270 e. The van der Waals surface area contributed by atoms with Gasteiger partial charge in [0, 0.05) is 19.1 Å². The van der Waals surface area contributed by atoms with E-state index in [9.17, 15) is 4.79 Å². The third-order valence-electron chi connectivity index (χ3n) is 4.25. The normalized spacial score (nSPS) is 28.7. The van der Waals surface area contributed by atoms with Crippen molar-refractivity contribution >= 4 is 27.5 Å². The summed E-state index contributed by atoms with van der Waals surface area (Å²) in [6.07, 6.45) is 4.05. The number of aromatic nitrogens is 2. The molecule has 0 radical (unpaired) electrons. The van der Waals surface area contributed by atoms with E-state index in [-0.39, 0.29) is 11.9 Å². The molecule has 4 rings (SSSR count). The van der Waals surface area contributed by atoms with Gasteiger partial charge in [0.05, 0.1) is 21.9 Å². The Morgan fingerprint density at radius 1 is 1.40 bits per heavy atom. The fraction of sp³-hybridized carbons (Fsp3) is 0.500. The molecule has 20 heavy (non-hydrogen) atoms. The first-order valence-electron chi connectivity index (χ1n) is 7.00. The lowest BCUT2D eigenvalue weighted by atomic mass is 9.97. The second-order valence-electron chi connectivity index (χ2n) is 5.71. The van der Waals surface area contributed by atoms with Crippen molar-refractivity contribution in [2.24, 2.45) is 5.92 Å². The molecule has 0 spiro atoms. The molecule has 104 valence electrons. The van der Waals surface area contributed by atoms with E-state index in [2.05, 4.69) is 20.2 Å². The lowest BCUT2D eigenvalue weighted by Crippen LogP contribution is -2.47. The zero-order chi connectivity index (χ0) is 13.5. The molecule has 5 nitrogen and oxygen atoms in total. The van der Waals surface area contributed by atoms with Gasteiger partial charge in [0.1, 0.15) is 5.69 Å². The van der Waals surface area contributed by atoms with E-state index in [1.165, 1.54) is 30.8 Å². The molecule has 0 aromatic carbocycles. The van der Waals surface area contributed by atoms with Crippen LogP contribution in [0.15, 0.2) is 17.8 Å². The van der Waals surface area contributed by atoms with Crippen molar-refractivity contribution in [3.63, 3.8) is 0 Å². The number of piperidine rings is 1. The van der Waals surface area contributed by atoms with Crippen molar-refractivity contribution in [2.75, 3.05) is 19.6 Å². The first kappa shape index (κ1) is 12.2. The van der Waals surface area contributed by atoms with E-state index in [0.29, 0.717) is 5.69 Å². The molecule has 2 aromatic rings. The molecule has 2 saturated heterocycles. The molecule has 4 heterocycles. The van der Waals surface area contributed by atoms with E-state index in [1.807, 2.05) is 6.07 Å². The van der Waals surface area contributed by atoms with Crippen molar-refractivity contribution in [1.29, 1.82) is 0 Å². The lowest BCUT2D eigenvalue weighted by Gasteiger charge is -2.30. The number of pyridine rings is 1. The lowest BCUT2D eigenvalue weighted by molar-refractivity contribution is 0.0904. The second-order valence-corrected chi connectivity index (χ2v) is 6.60. The Labute approximate surface area is 121 Å². The Balaban J connectivity index is 1.49. The summed E-state index contributed by atoms with van der Waals surface area (Å²) in [6, 6.07) is 2.10. The van der Waals surface area contributed by atoms with Crippen LogP contribution in [0.4, 0.5) is 0 Å². The van der Waals surface area contributed by atoms with Gasteiger partial charge in [-0.15, -0.1) is 11.3 Å².